The number of nitrogens with zero attached hydrogens (tertiary/aromatic N) is 3. The zero-order chi connectivity index (χ0) is 29.9. The molecule has 12 nitrogen and oxygen atoms in total. The van der Waals surface area contributed by atoms with E-state index in [0.717, 1.165) is 0 Å². The number of amides is 3. The summed E-state index contributed by atoms with van der Waals surface area (Å²) in [6.07, 6.45) is -0.625. The summed E-state index contributed by atoms with van der Waals surface area (Å²) in [7, 11) is -2.30. The van der Waals surface area contributed by atoms with Crippen LogP contribution in [0.25, 0.3) is 0 Å². The van der Waals surface area contributed by atoms with Crippen LogP contribution in [0.2, 0.25) is 0 Å². The fourth-order valence-corrected chi connectivity index (χ4v) is 5.78. The van der Waals surface area contributed by atoms with Gasteiger partial charge in [-0.25, -0.2) is 13.2 Å². The van der Waals surface area contributed by atoms with Crippen molar-refractivity contribution in [1.29, 1.82) is 0 Å². The fraction of sp³-hybridized carbons (Fsp3) is 0.393. The lowest BCUT2D eigenvalue weighted by Crippen LogP contribution is -2.50. The number of carbonyl (C=O) groups excluding carboxylic acids is 2. The van der Waals surface area contributed by atoms with E-state index in [-0.39, 0.29) is 47.7 Å². The summed E-state index contributed by atoms with van der Waals surface area (Å²) in [5.74, 6) is 0.0244. The molecule has 1 aliphatic rings. The van der Waals surface area contributed by atoms with E-state index in [1.54, 1.807) is 56.0 Å². The van der Waals surface area contributed by atoms with Crippen molar-refractivity contribution in [1.82, 2.24) is 14.4 Å². The van der Waals surface area contributed by atoms with Crippen LogP contribution in [-0.2, 0) is 10.0 Å². The summed E-state index contributed by atoms with van der Waals surface area (Å²) in [5.41, 5.74) is 1.47. The van der Waals surface area contributed by atoms with Crippen molar-refractivity contribution in [2.45, 2.75) is 44.7 Å². The van der Waals surface area contributed by atoms with E-state index < -0.39 is 28.2 Å². The number of nitrogens with one attached hydrogen (secondary N) is 2. The highest BCUT2D eigenvalue weighted by Gasteiger charge is 2.35. The molecule has 1 aliphatic heterocycles. The second-order valence-electron chi connectivity index (χ2n) is 10.2. The summed E-state index contributed by atoms with van der Waals surface area (Å²) in [5, 5.41) is 19.1. The van der Waals surface area contributed by atoms with Gasteiger partial charge in [0.05, 0.1) is 29.7 Å². The molecular weight excluding hydrogens is 550 g/mol. The third kappa shape index (κ3) is 6.53. The van der Waals surface area contributed by atoms with Gasteiger partial charge in [-0.2, -0.15) is 4.31 Å². The number of anilines is 2. The number of sulfonamides is 1. The van der Waals surface area contributed by atoms with Crippen LogP contribution < -0.4 is 15.4 Å². The first-order valence-corrected chi connectivity index (χ1v) is 14.6. The molecule has 0 spiro atoms. The third-order valence-electron chi connectivity index (χ3n) is 7.08. The SMILES string of the molecule is Cc1noc(C)c1NC(=O)Nc1ccc2c(c1)C(=O)N([C@H](C)CO)C[C@H](C)[C@H](CN(C)S(=O)(=O)c1ccccc1)O2. The molecule has 2 aromatic carbocycles. The van der Waals surface area contributed by atoms with E-state index in [2.05, 4.69) is 15.8 Å². The number of carbonyl (C=O) groups is 2. The largest absolute Gasteiger partial charge is 0.488 e. The molecule has 0 saturated heterocycles. The number of benzene rings is 2. The molecule has 0 saturated carbocycles. The van der Waals surface area contributed by atoms with Gasteiger partial charge in [0.25, 0.3) is 5.91 Å². The number of hydrogen-bond acceptors (Lipinski definition) is 8. The van der Waals surface area contributed by atoms with Gasteiger partial charge in [0.1, 0.15) is 23.2 Å². The number of ether oxygens (including phenoxy) is 1. The van der Waals surface area contributed by atoms with E-state index >= 15 is 0 Å². The Kier molecular flexibility index (Phi) is 9.00. The molecule has 2 heterocycles. The number of aryl methyl sites for hydroxylation is 2. The average molecular weight is 586 g/mol. The predicted octanol–water partition coefficient (Wildman–Crippen LogP) is 3.48. The topological polar surface area (TPSA) is 154 Å². The van der Waals surface area contributed by atoms with Crippen LogP contribution in [0.15, 0.2) is 57.9 Å². The molecule has 3 atom stereocenters. The van der Waals surface area contributed by atoms with Crippen LogP contribution in [0.4, 0.5) is 16.2 Å². The Labute approximate surface area is 239 Å². The summed E-state index contributed by atoms with van der Waals surface area (Å²) in [6, 6.07) is 11.7. The maximum Gasteiger partial charge on any atom is 0.323 e. The van der Waals surface area contributed by atoms with Crippen molar-refractivity contribution in [3.63, 3.8) is 0 Å². The van der Waals surface area contributed by atoms with Crippen molar-refractivity contribution in [3.05, 3.63) is 65.5 Å². The van der Waals surface area contributed by atoms with Crippen LogP contribution in [0.3, 0.4) is 0 Å². The molecule has 3 N–H and O–H groups in total. The predicted molar refractivity (Wildman–Crippen MR) is 152 cm³/mol. The first-order valence-electron chi connectivity index (χ1n) is 13.2. The maximum absolute atomic E-state index is 13.7. The summed E-state index contributed by atoms with van der Waals surface area (Å²) < 4.78 is 39.0. The number of aromatic nitrogens is 1. The van der Waals surface area contributed by atoms with Gasteiger partial charge in [-0.15, -0.1) is 0 Å². The van der Waals surface area contributed by atoms with E-state index in [0.29, 0.717) is 22.8 Å². The highest BCUT2D eigenvalue weighted by atomic mass is 32.2. The number of hydrogen-bond donors (Lipinski definition) is 3. The number of rotatable bonds is 8. The number of urea groups is 1. The quantitative estimate of drug-likeness (QED) is 0.363. The second-order valence-corrected chi connectivity index (χ2v) is 12.3. The number of likely N-dealkylation sites (N-methyl/N-ethyl adjacent to an activating group) is 1. The molecule has 0 fully saturated rings. The minimum Gasteiger partial charge on any atom is -0.488 e. The summed E-state index contributed by atoms with van der Waals surface area (Å²) in [4.78, 5) is 28.1. The fourth-order valence-electron chi connectivity index (χ4n) is 4.58. The van der Waals surface area contributed by atoms with E-state index in [4.69, 9.17) is 9.26 Å². The standard InChI is InChI=1S/C28H35N5O7S/c1-17-14-33(18(2)16-34)27(35)23-13-21(29-28(36)30-26-19(3)31-40-20(26)4)11-12-24(23)39-25(17)15-32(5)41(37,38)22-9-7-6-8-10-22/h6-13,17-18,25,34H,14-16H2,1-5H3,(H2,29,30,36)/t17-,18+,25-/m0/s1. The Hall–Kier alpha value is -3.94. The smallest absolute Gasteiger partial charge is 0.323 e. The van der Waals surface area contributed by atoms with Crippen LogP contribution in [-0.4, -0.2) is 78.7 Å². The molecule has 4 rings (SSSR count). The lowest BCUT2D eigenvalue weighted by molar-refractivity contribution is 0.0387. The molecule has 0 bridgehead atoms. The minimum atomic E-state index is -3.79. The zero-order valence-electron chi connectivity index (χ0n) is 23.6. The van der Waals surface area contributed by atoms with Crippen LogP contribution in [0, 0.1) is 19.8 Å². The number of aliphatic hydroxyl groups is 1. The Morgan fingerprint density at radius 2 is 1.90 bits per heavy atom. The molecule has 1 aromatic heterocycles. The Balaban J connectivity index is 1.62. The van der Waals surface area contributed by atoms with Gasteiger partial charge in [0.2, 0.25) is 10.0 Å². The number of fused-ring (bicyclic) bond motifs is 1. The zero-order valence-corrected chi connectivity index (χ0v) is 24.4. The highest BCUT2D eigenvalue weighted by Crippen LogP contribution is 2.31. The minimum absolute atomic E-state index is 0.0210. The third-order valence-corrected chi connectivity index (χ3v) is 8.92. The average Bonchev–Trinajstić information content (AvgIpc) is 3.27. The van der Waals surface area contributed by atoms with Crippen LogP contribution in [0.1, 0.15) is 35.7 Å². The molecule has 0 aliphatic carbocycles. The highest BCUT2D eigenvalue weighted by molar-refractivity contribution is 7.89. The van der Waals surface area contributed by atoms with Crippen molar-refractivity contribution >= 4 is 33.3 Å². The second kappa shape index (κ2) is 12.3. The van der Waals surface area contributed by atoms with Crippen LogP contribution in [0.5, 0.6) is 5.75 Å². The van der Waals surface area contributed by atoms with Gasteiger partial charge in [-0.1, -0.05) is 30.3 Å². The molecule has 3 amide bonds. The van der Waals surface area contributed by atoms with Crippen molar-refractivity contribution < 1.29 is 32.4 Å². The summed E-state index contributed by atoms with van der Waals surface area (Å²) in [6.45, 7) is 6.95. The van der Waals surface area contributed by atoms with Gasteiger partial charge in [0.15, 0.2) is 5.76 Å². The lowest BCUT2D eigenvalue weighted by Gasteiger charge is -2.38. The van der Waals surface area contributed by atoms with E-state index in [1.165, 1.54) is 29.6 Å². The Morgan fingerprint density at radius 1 is 1.20 bits per heavy atom. The van der Waals surface area contributed by atoms with E-state index in [1.807, 2.05) is 6.92 Å². The Bertz CT molecular complexity index is 1490. The monoisotopic (exact) mass is 585 g/mol. The lowest BCUT2D eigenvalue weighted by atomic mass is 9.99. The number of aliphatic hydroxyl groups excluding tert-OH is 1. The molecule has 220 valence electrons. The molecule has 3 aromatic rings. The van der Waals surface area contributed by atoms with Crippen molar-refractivity contribution in [2.75, 3.05) is 37.4 Å². The van der Waals surface area contributed by atoms with E-state index in [9.17, 15) is 23.1 Å². The molecule has 13 heteroatoms. The maximum atomic E-state index is 13.7. The van der Waals surface area contributed by atoms with Gasteiger partial charge in [-0.3, -0.25) is 4.79 Å². The Morgan fingerprint density at radius 3 is 2.54 bits per heavy atom. The molecular formula is C28H35N5O7S. The summed E-state index contributed by atoms with van der Waals surface area (Å²) >= 11 is 0. The van der Waals surface area contributed by atoms with Gasteiger partial charge >= 0.3 is 6.03 Å². The van der Waals surface area contributed by atoms with Crippen molar-refractivity contribution in [3.8, 4) is 5.75 Å². The van der Waals surface area contributed by atoms with Gasteiger partial charge in [0, 0.05) is 25.2 Å². The molecule has 41 heavy (non-hydrogen) atoms. The van der Waals surface area contributed by atoms with Crippen molar-refractivity contribution in [2.24, 2.45) is 5.92 Å². The van der Waals surface area contributed by atoms with Gasteiger partial charge in [-0.05, 0) is 51.1 Å². The first kappa shape index (κ1) is 30.0. The normalized spacial score (nSPS) is 18.2. The van der Waals surface area contributed by atoms with Gasteiger partial charge < -0.3 is 29.9 Å². The molecule has 0 radical (unpaired) electrons. The molecule has 0 unspecified atom stereocenters. The van der Waals surface area contributed by atoms with Crippen LogP contribution >= 0.6 is 0 Å². The first-order chi connectivity index (χ1) is 19.4.